The number of nitrogens with zero attached hydrogens (tertiary/aromatic N) is 1. The number of carbonyl (C=O) groups is 1. The van der Waals surface area contributed by atoms with E-state index in [9.17, 15) is 4.79 Å². The third kappa shape index (κ3) is 5.25. The summed E-state index contributed by atoms with van der Waals surface area (Å²) in [5.74, 6) is 1.49. The fraction of sp³-hybridized carbons (Fsp3) is 0.917. The molecule has 0 aliphatic rings. The van der Waals surface area contributed by atoms with Crippen molar-refractivity contribution in [2.45, 2.75) is 47.0 Å². The van der Waals surface area contributed by atoms with E-state index in [0.29, 0.717) is 0 Å². The van der Waals surface area contributed by atoms with Gasteiger partial charge in [0.15, 0.2) is 0 Å². The molecule has 2 nitrogen and oxygen atoms in total. The lowest BCUT2D eigenvalue weighted by Gasteiger charge is -2.23. The second-order valence-corrected chi connectivity index (χ2v) is 4.34. The van der Waals surface area contributed by atoms with Gasteiger partial charge in [0, 0.05) is 13.1 Å². The summed E-state index contributed by atoms with van der Waals surface area (Å²) in [6, 6.07) is 0. The zero-order chi connectivity index (χ0) is 11.0. The van der Waals surface area contributed by atoms with Gasteiger partial charge in [0.25, 0.3) is 0 Å². The summed E-state index contributed by atoms with van der Waals surface area (Å²) in [4.78, 5) is 12.6. The molecule has 0 aromatic rings. The molecule has 84 valence electrons. The lowest BCUT2D eigenvalue weighted by atomic mass is 9.90. The molecule has 0 spiro atoms. The smallest absolute Gasteiger partial charge is 0.209 e. The maximum Gasteiger partial charge on any atom is 0.209 e. The molecular weight excluding hydrogens is 174 g/mol. The highest BCUT2D eigenvalue weighted by Gasteiger charge is 2.12. The molecule has 1 atom stereocenters. The molecule has 0 N–H and O–H groups in total. The molecule has 0 rings (SSSR count). The Balaban J connectivity index is 3.81. The van der Waals surface area contributed by atoms with E-state index < -0.39 is 0 Å². The normalized spacial score (nSPS) is 12.9. The average molecular weight is 199 g/mol. The number of hydrogen-bond acceptors (Lipinski definition) is 1. The molecule has 0 heterocycles. The monoisotopic (exact) mass is 199 g/mol. The van der Waals surface area contributed by atoms with Crippen LogP contribution in [0.15, 0.2) is 0 Å². The van der Waals surface area contributed by atoms with Gasteiger partial charge < -0.3 is 4.90 Å². The average Bonchev–Trinajstić information content (AvgIpc) is 2.16. The van der Waals surface area contributed by atoms with E-state index in [0.717, 1.165) is 44.2 Å². The molecule has 0 aromatic carbocycles. The molecule has 14 heavy (non-hydrogen) atoms. The van der Waals surface area contributed by atoms with Crippen molar-refractivity contribution in [3.05, 3.63) is 0 Å². The zero-order valence-electron chi connectivity index (χ0n) is 10.1. The van der Waals surface area contributed by atoms with Crippen LogP contribution in [0.4, 0.5) is 0 Å². The molecule has 1 amide bonds. The van der Waals surface area contributed by atoms with Crippen LogP contribution < -0.4 is 0 Å². The second kappa shape index (κ2) is 7.84. The van der Waals surface area contributed by atoms with Crippen LogP contribution in [0.1, 0.15) is 47.0 Å². The Morgan fingerprint density at radius 3 is 2.21 bits per heavy atom. The van der Waals surface area contributed by atoms with Gasteiger partial charge in [-0.2, -0.15) is 0 Å². The molecule has 0 radical (unpaired) electrons. The van der Waals surface area contributed by atoms with Crippen LogP contribution in [0.2, 0.25) is 0 Å². The zero-order valence-corrected chi connectivity index (χ0v) is 10.1. The van der Waals surface area contributed by atoms with Crippen molar-refractivity contribution < 1.29 is 4.79 Å². The van der Waals surface area contributed by atoms with Gasteiger partial charge >= 0.3 is 0 Å². The molecule has 0 saturated carbocycles. The number of rotatable bonds is 8. The molecule has 0 fully saturated rings. The first kappa shape index (κ1) is 13.5. The molecule has 0 saturated heterocycles. The van der Waals surface area contributed by atoms with Crippen LogP contribution in [0.5, 0.6) is 0 Å². The summed E-state index contributed by atoms with van der Waals surface area (Å²) in [5.41, 5.74) is 0. The molecule has 0 aromatic heterocycles. The summed E-state index contributed by atoms with van der Waals surface area (Å²) in [6.07, 6.45) is 4.40. The van der Waals surface area contributed by atoms with Crippen molar-refractivity contribution in [3.8, 4) is 0 Å². The SMILES string of the molecule is CCCN(C=O)CCC(CC)C(C)C. The predicted octanol–water partition coefficient (Wildman–Crippen LogP) is 2.93. The first-order chi connectivity index (χ1) is 6.65. The van der Waals surface area contributed by atoms with E-state index in [1.807, 2.05) is 4.90 Å². The summed E-state index contributed by atoms with van der Waals surface area (Å²) in [6.45, 7) is 10.7. The highest BCUT2D eigenvalue weighted by molar-refractivity contribution is 5.46. The van der Waals surface area contributed by atoms with E-state index in [2.05, 4.69) is 27.7 Å². The minimum Gasteiger partial charge on any atom is -0.345 e. The fourth-order valence-electron chi connectivity index (χ4n) is 1.84. The van der Waals surface area contributed by atoms with Crippen LogP contribution in [-0.2, 0) is 4.79 Å². The van der Waals surface area contributed by atoms with Crippen molar-refractivity contribution in [3.63, 3.8) is 0 Å². The fourth-order valence-corrected chi connectivity index (χ4v) is 1.84. The quantitative estimate of drug-likeness (QED) is 0.550. The first-order valence-corrected chi connectivity index (χ1v) is 5.85. The second-order valence-electron chi connectivity index (χ2n) is 4.34. The molecule has 0 aliphatic heterocycles. The van der Waals surface area contributed by atoms with Crippen LogP contribution in [0, 0.1) is 11.8 Å². The Morgan fingerprint density at radius 2 is 1.86 bits per heavy atom. The third-order valence-electron chi connectivity index (χ3n) is 2.91. The van der Waals surface area contributed by atoms with Crippen LogP contribution >= 0.6 is 0 Å². The highest BCUT2D eigenvalue weighted by atomic mass is 16.1. The Bertz CT molecular complexity index is 145. The summed E-state index contributed by atoms with van der Waals surface area (Å²) >= 11 is 0. The molecule has 0 aliphatic carbocycles. The third-order valence-corrected chi connectivity index (χ3v) is 2.91. The number of hydrogen-bond donors (Lipinski definition) is 0. The lowest BCUT2D eigenvalue weighted by molar-refractivity contribution is -0.118. The van der Waals surface area contributed by atoms with Crippen LogP contribution in [-0.4, -0.2) is 24.4 Å². The Labute approximate surface area is 88.7 Å². The Hall–Kier alpha value is -0.530. The standard InChI is InChI=1S/C12H25NO/c1-5-8-13(10-14)9-7-12(6-2)11(3)4/h10-12H,5-9H2,1-4H3. The minimum atomic E-state index is 0.732. The molecule has 1 unspecified atom stereocenters. The van der Waals surface area contributed by atoms with Gasteiger partial charge in [-0.05, 0) is 24.7 Å². The minimum absolute atomic E-state index is 0.732. The van der Waals surface area contributed by atoms with Crippen molar-refractivity contribution in [1.29, 1.82) is 0 Å². The maximum absolute atomic E-state index is 10.7. The molecular formula is C12H25NO. The Morgan fingerprint density at radius 1 is 1.21 bits per heavy atom. The van der Waals surface area contributed by atoms with Gasteiger partial charge in [-0.3, -0.25) is 4.79 Å². The Kier molecular flexibility index (Phi) is 7.54. The van der Waals surface area contributed by atoms with Crippen LogP contribution in [0.25, 0.3) is 0 Å². The number of carbonyl (C=O) groups excluding carboxylic acids is 1. The van der Waals surface area contributed by atoms with E-state index in [4.69, 9.17) is 0 Å². The molecule has 2 heteroatoms. The predicted molar refractivity (Wildman–Crippen MR) is 61.2 cm³/mol. The van der Waals surface area contributed by atoms with Crippen LogP contribution in [0.3, 0.4) is 0 Å². The van der Waals surface area contributed by atoms with E-state index in [1.54, 1.807) is 0 Å². The van der Waals surface area contributed by atoms with Gasteiger partial charge in [-0.25, -0.2) is 0 Å². The van der Waals surface area contributed by atoms with E-state index in [1.165, 1.54) is 6.42 Å². The summed E-state index contributed by atoms with van der Waals surface area (Å²) in [7, 11) is 0. The lowest BCUT2D eigenvalue weighted by Crippen LogP contribution is -2.26. The maximum atomic E-state index is 10.7. The van der Waals surface area contributed by atoms with Crippen molar-refractivity contribution in [2.75, 3.05) is 13.1 Å². The number of amides is 1. The topological polar surface area (TPSA) is 20.3 Å². The van der Waals surface area contributed by atoms with Gasteiger partial charge in [0.2, 0.25) is 6.41 Å². The van der Waals surface area contributed by atoms with Gasteiger partial charge in [0.1, 0.15) is 0 Å². The summed E-state index contributed by atoms with van der Waals surface area (Å²) in [5, 5.41) is 0. The van der Waals surface area contributed by atoms with Gasteiger partial charge in [-0.1, -0.05) is 34.1 Å². The van der Waals surface area contributed by atoms with Crippen molar-refractivity contribution in [2.24, 2.45) is 11.8 Å². The van der Waals surface area contributed by atoms with Crippen molar-refractivity contribution >= 4 is 6.41 Å². The summed E-state index contributed by atoms with van der Waals surface area (Å²) < 4.78 is 0. The van der Waals surface area contributed by atoms with Gasteiger partial charge in [-0.15, -0.1) is 0 Å². The first-order valence-electron chi connectivity index (χ1n) is 5.85. The molecule has 0 bridgehead atoms. The largest absolute Gasteiger partial charge is 0.345 e. The van der Waals surface area contributed by atoms with E-state index in [-0.39, 0.29) is 0 Å². The van der Waals surface area contributed by atoms with Crippen molar-refractivity contribution in [1.82, 2.24) is 4.90 Å². The van der Waals surface area contributed by atoms with E-state index >= 15 is 0 Å². The highest BCUT2D eigenvalue weighted by Crippen LogP contribution is 2.18. The van der Waals surface area contributed by atoms with Gasteiger partial charge in [0.05, 0.1) is 0 Å².